The van der Waals surface area contributed by atoms with E-state index in [0.29, 0.717) is 6.54 Å². The zero-order chi connectivity index (χ0) is 15.4. The normalized spacial score (nSPS) is 10.1. The first-order valence-corrected chi connectivity index (χ1v) is 6.63. The third kappa shape index (κ3) is 3.76. The average Bonchev–Trinajstić information content (AvgIpc) is 2.46. The lowest BCUT2D eigenvalue weighted by atomic mass is 10.2. The van der Waals surface area contributed by atoms with Gasteiger partial charge in [0.2, 0.25) is 5.82 Å². The molecule has 7 nitrogen and oxygen atoms in total. The lowest BCUT2D eigenvalue weighted by Gasteiger charge is -2.07. The molecule has 0 aliphatic carbocycles. The Morgan fingerprint density at radius 2 is 1.95 bits per heavy atom. The Labute approximate surface area is 127 Å². The number of carboxylic acids is 1. The van der Waals surface area contributed by atoms with Gasteiger partial charge in [-0.25, -0.2) is 9.78 Å². The number of benzene rings is 1. The summed E-state index contributed by atoms with van der Waals surface area (Å²) in [5.41, 5.74) is 0.367. The third-order valence-electron chi connectivity index (χ3n) is 2.66. The van der Waals surface area contributed by atoms with Crippen LogP contribution in [0.4, 0.5) is 11.5 Å². The van der Waals surface area contributed by atoms with Crippen LogP contribution in [0, 0.1) is 10.1 Å². The number of anilines is 1. The Bertz CT molecular complexity index is 688. The fourth-order valence-electron chi connectivity index (χ4n) is 1.64. The van der Waals surface area contributed by atoms with Crippen LogP contribution >= 0.6 is 15.9 Å². The molecule has 0 aliphatic rings. The molecule has 2 N–H and O–H groups in total. The smallest absolute Gasteiger partial charge is 0.354 e. The molecule has 108 valence electrons. The van der Waals surface area contributed by atoms with Gasteiger partial charge in [0.1, 0.15) is 0 Å². The fourth-order valence-corrected chi connectivity index (χ4v) is 1.90. The Morgan fingerprint density at radius 3 is 2.52 bits per heavy atom. The molecule has 8 heteroatoms. The van der Waals surface area contributed by atoms with Crippen LogP contribution in [0.25, 0.3) is 0 Å². The Hall–Kier alpha value is -2.48. The van der Waals surface area contributed by atoms with Crippen molar-refractivity contribution in [3.63, 3.8) is 0 Å². The molecule has 0 saturated heterocycles. The Balaban J connectivity index is 2.24. The van der Waals surface area contributed by atoms with Crippen LogP contribution in [-0.2, 0) is 6.54 Å². The number of carbonyl (C=O) groups is 1. The van der Waals surface area contributed by atoms with Crippen LogP contribution in [-0.4, -0.2) is 21.0 Å². The first-order chi connectivity index (χ1) is 9.97. The number of nitro groups is 1. The standard InChI is InChI=1S/C13H10BrN3O4/c14-9-3-1-8(2-4-9)7-15-12-11(17(20)21)6-5-10(16-12)13(18)19/h1-6H,7H2,(H,15,16)(H,18,19). The van der Waals surface area contributed by atoms with Crippen LogP contribution in [0.2, 0.25) is 0 Å². The second kappa shape index (κ2) is 6.31. The first kappa shape index (κ1) is 14.9. The molecule has 1 aromatic heterocycles. The van der Waals surface area contributed by atoms with Crippen LogP contribution < -0.4 is 5.32 Å². The highest BCUT2D eigenvalue weighted by atomic mass is 79.9. The van der Waals surface area contributed by atoms with Gasteiger partial charge in [0, 0.05) is 17.1 Å². The van der Waals surface area contributed by atoms with E-state index in [1.165, 1.54) is 0 Å². The van der Waals surface area contributed by atoms with E-state index in [0.717, 1.165) is 22.2 Å². The molecule has 0 saturated carbocycles. The lowest BCUT2D eigenvalue weighted by molar-refractivity contribution is -0.384. The topological polar surface area (TPSA) is 105 Å². The predicted octanol–water partition coefficient (Wildman–Crippen LogP) is 3.06. The summed E-state index contributed by atoms with van der Waals surface area (Å²) in [7, 11) is 0. The maximum absolute atomic E-state index is 10.9. The summed E-state index contributed by atoms with van der Waals surface area (Å²) in [6.07, 6.45) is 0. The van der Waals surface area contributed by atoms with Gasteiger partial charge in [-0.05, 0) is 23.8 Å². The minimum atomic E-state index is -1.24. The number of hydrogen-bond acceptors (Lipinski definition) is 5. The first-order valence-electron chi connectivity index (χ1n) is 5.84. The van der Waals surface area contributed by atoms with Gasteiger partial charge in [-0.2, -0.15) is 0 Å². The molecule has 0 atom stereocenters. The highest BCUT2D eigenvalue weighted by Crippen LogP contribution is 2.23. The van der Waals surface area contributed by atoms with Crippen molar-refractivity contribution in [1.82, 2.24) is 4.98 Å². The predicted molar refractivity (Wildman–Crippen MR) is 79.3 cm³/mol. The maximum Gasteiger partial charge on any atom is 0.354 e. The van der Waals surface area contributed by atoms with E-state index in [1.807, 2.05) is 24.3 Å². The monoisotopic (exact) mass is 351 g/mol. The average molecular weight is 352 g/mol. The zero-order valence-electron chi connectivity index (χ0n) is 10.6. The molecule has 0 amide bonds. The van der Waals surface area contributed by atoms with E-state index < -0.39 is 10.9 Å². The third-order valence-corrected chi connectivity index (χ3v) is 3.19. The summed E-state index contributed by atoms with van der Waals surface area (Å²) in [6.45, 7) is 0.296. The molecule has 0 radical (unpaired) electrons. The zero-order valence-corrected chi connectivity index (χ0v) is 12.2. The highest BCUT2D eigenvalue weighted by molar-refractivity contribution is 9.10. The van der Waals surface area contributed by atoms with Crippen molar-refractivity contribution in [1.29, 1.82) is 0 Å². The van der Waals surface area contributed by atoms with Crippen molar-refractivity contribution in [2.24, 2.45) is 0 Å². The summed E-state index contributed by atoms with van der Waals surface area (Å²) in [5, 5.41) is 22.6. The SMILES string of the molecule is O=C(O)c1ccc([N+](=O)[O-])c(NCc2ccc(Br)cc2)n1. The van der Waals surface area contributed by atoms with Gasteiger partial charge in [-0.3, -0.25) is 10.1 Å². The second-order valence-corrected chi connectivity index (χ2v) is 5.02. The number of aromatic nitrogens is 1. The minimum Gasteiger partial charge on any atom is -0.477 e. The summed E-state index contributed by atoms with van der Waals surface area (Å²) >= 11 is 3.31. The van der Waals surface area contributed by atoms with Crippen molar-refractivity contribution in [3.8, 4) is 0 Å². The van der Waals surface area contributed by atoms with Gasteiger partial charge < -0.3 is 10.4 Å². The molecule has 1 aromatic carbocycles. The van der Waals surface area contributed by atoms with E-state index in [4.69, 9.17) is 5.11 Å². The quantitative estimate of drug-likeness (QED) is 0.633. The molecule has 0 bridgehead atoms. The number of rotatable bonds is 5. The van der Waals surface area contributed by atoms with Crippen molar-refractivity contribution >= 4 is 33.4 Å². The second-order valence-electron chi connectivity index (χ2n) is 4.11. The molecule has 0 aliphatic heterocycles. The summed E-state index contributed by atoms with van der Waals surface area (Å²) in [4.78, 5) is 25.0. The minimum absolute atomic E-state index is 0.0668. The van der Waals surface area contributed by atoms with Crippen molar-refractivity contribution in [2.45, 2.75) is 6.54 Å². The Morgan fingerprint density at radius 1 is 1.29 bits per heavy atom. The van der Waals surface area contributed by atoms with E-state index in [1.54, 1.807) is 0 Å². The molecule has 1 heterocycles. The molecular formula is C13H10BrN3O4. The van der Waals surface area contributed by atoms with Crippen LogP contribution in [0.5, 0.6) is 0 Å². The Kier molecular flexibility index (Phi) is 4.49. The van der Waals surface area contributed by atoms with Crippen LogP contribution in [0.1, 0.15) is 16.1 Å². The number of nitrogens with one attached hydrogen (secondary N) is 1. The lowest BCUT2D eigenvalue weighted by Crippen LogP contribution is -2.08. The summed E-state index contributed by atoms with van der Waals surface area (Å²) in [6, 6.07) is 9.58. The number of halogens is 1. The largest absolute Gasteiger partial charge is 0.477 e. The fraction of sp³-hybridized carbons (Fsp3) is 0.0769. The van der Waals surface area contributed by atoms with Gasteiger partial charge in [0.05, 0.1) is 4.92 Å². The molecule has 2 aromatic rings. The van der Waals surface area contributed by atoms with E-state index in [9.17, 15) is 14.9 Å². The van der Waals surface area contributed by atoms with E-state index in [2.05, 4.69) is 26.2 Å². The van der Waals surface area contributed by atoms with Gasteiger partial charge >= 0.3 is 11.7 Å². The maximum atomic E-state index is 10.9. The highest BCUT2D eigenvalue weighted by Gasteiger charge is 2.18. The van der Waals surface area contributed by atoms with Crippen LogP contribution in [0.3, 0.4) is 0 Å². The summed E-state index contributed by atoms with van der Waals surface area (Å²) in [5.74, 6) is -1.31. The molecular weight excluding hydrogens is 342 g/mol. The number of carboxylic acid groups (broad SMARTS) is 1. The molecule has 0 fully saturated rings. The molecule has 2 rings (SSSR count). The molecule has 21 heavy (non-hydrogen) atoms. The molecule has 0 spiro atoms. The van der Waals surface area contributed by atoms with Crippen LogP contribution in [0.15, 0.2) is 40.9 Å². The number of pyridine rings is 1. The van der Waals surface area contributed by atoms with Gasteiger partial charge in [-0.15, -0.1) is 0 Å². The van der Waals surface area contributed by atoms with E-state index >= 15 is 0 Å². The number of aromatic carboxylic acids is 1. The van der Waals surface area contributed by atoms with Gasteiger partial charge in [-0.1, -0.05) is 28.1 Å². The summed E-state index contributed by atoms with van der Waals surface area (Å²) < 4.78 is 0.920. The number of nitrogens with zero attached hydrogens (tertiary/aromatic N) is 2. The number of hydrogen-bond donors (Lipinski definition) is 2. The van der Waals surface area contributed by atoms with E-state index in [-0.39, 0.29) is 17.2 Å². The van der Waals surface area contributed by atoms with Gasteiger partial charge in [0.25, 0.3) is 0 Å². The van der Waals surface area contributed by atoms with Crippen molar-refractivity contribution < 1.29 is 14.8 Å². The van der Waals surface area contributed by atoms with Crippen molar-refractivity contribution in [2.75, 3.05) is 5.32 Å². The molecule has 0 unspecified atom stereocenters. The van der Waals surface area contributed by atoms with Gasteiger partial charge in [0.15, 0.2) is 5.69 Å². The van der Waals surface area contributed by atoms with Crippen molar-refractivity contribution in [3.05, 3.63) is 62.2 Å².